The van der Waals surface area contributed by atoms with Gasteiger partial charge in [0.15, 0.2) is 12.4 Å². The Hall–Kier alpha value is -4.28. The molecule has 38 heavy (non-hydrogen) atoms. The zero-order chi connectivity index (χ0) is 27.4. The van der Waals surface area contributed by atoms with Crippen LogP contribution in [0.25, 0.3) is 0 Å². The van der Waals surface area contributed by atoms with Crippen molar-refractivity contribution in [3.05, 3.63) is 98.0 Å². The standard InChI is InChI=1S/C26H18Cl2N2O8/c27-17-6-9-21(22(28)11-17)26(34)38-20-7-4-15(5-8-20)23(31)14-37-25(33)16-10-24(32)29(13-16)18-2-1-3-19(12-18)30(35)36/h1-9,11-12,16H,10,13-14H2/t16-/m0/s1. The summed E-state index contributed by atoms with van der Waals surface area (Å²) < 4.78 is 10.4. The van der Waals surface area contributed by atoms with Gasteiger partial charge in [-0.25, -0.2) is 4.79 Å². The van der Waals surface area contributed by atoms with Crippen molar-refractivity contribution in [2.75, 3.05) is 18.1 Å². The van der Waals surface area contributed by atoms with Gasteiger partial charge in [-0.05, 0) is 48.5 Å². The molecule has 0 aliphatic carbocycles. The number of ether oxygens (including phenoxy) is 2. The average Bonchev–Trinajstić information content (AvgIpc) is 3.29. The quantitative estimate of drug-likeness (QED) is 0.126. The molecule has 3 aromatic rings. The van der Waals surface area contributed by atoms with Crippen molar-refractivity contribution in [3.8, 4) is 5.75 Å². The van der Waals surface area contributed by atoms with E-state index in [-0.39, 0.29) is 46.5 Å². The number of carbonyl (C=O) groups excluding carboxylic acids is 4. The smallest absolute Gasteiger partial charge is 0.345 e. The molecule has 0 bridgehead atoms. The topological polar surface area (TPSA) is 133 Å². The molecule has 0 unspecified atom stereocenters. The van der Waals surface area contributed by atoms with E-state index in [2.05, 4.69) is 0 Å². The van der Waals surface area contributed by atoms with Crippen molar-refractivity contribution in [3.63, 3.8) is 0 Å². The van der Waals surface area contributed by atoms with Gasteiger partial charge in [-0.15, -0.1) is 0 Å². The first-order valence-electron chi connectivity index (χ1n) is 11.1. The molecule has 4 rings (SSSR count). The minimum atomic E-state index is -0.823. The SMILES string of the molecule is O=C(COC(=O)[C@H]1CC(=O)N(c2cccc([N+](=O)[O-])c2)C1)c1ccc(OC(=O)c2ccc(Cl)cc2Cl)cc1. The number of rotatable bonds is 8. The lowest BCUT2D eigenvalue weighted by molar-refractivity contribution is -0.384. The molecule has 194 valence electrons. The third-order valence-corrected chi connectivity index (χ3v) is 6.24. The number of amides is 1. The van der Waals surface area contributed by atoms with E-state index >= 15 is 0 Å². The van der Waals surface area contributed by atoms with Crippen molar-refractivity contribution in [2.45, 2.75) is 6.42 Å². The summed E-state index contributed by atoms with van der Waals surface area (Å²) in [6.45, 7) is -0.579. The Morgan fingerprint density at radius 2 is 1.76 bits per heavy atom. The van der Waals surface area contributed by atoms with Crippen molar-refractivity contribution in [2.24, 2.45) is 5.92 Å². The molecular formula is C26H18Cl2N2O8. The molecule has 1 saturated heterocycles. The molecule has 10 nitrogen and oxygen atoms in total. The number of nitro groups is 1. The van der Waals surface area contributed by atoms with E-state index in [0.29, 0.717) is 10.7 Å². The van der Waals surface area contributed by atoms with Crippen LogP contribution >= 0.6 is 23.2 Å². The summed E-state index contributed by atoms with van der Waals surface area (Å²) in [6, 6.07) is 15.5. The molecule has 1 aliphatic heterocycles. The Morgan fingerprint density at radius 3 is 2.45 bits per heavy atom. The third kappa shape index (κ3) is 6.16. The van der Waals surface area contributed by atoms with Crippen LogP contribution in [0.1, 0.15) is 27.1 Å². The van der Waals surface area contributed by atoms with Gasteiger partial charge in [-0.3, -0.25) is 24.5 Å². The summed E-state index contributed by atoms with van der Waals surface area (Å²) >= 11 is 11.8. The number of ketones is 1. The number of Topliss-reactive ketones (excluding diaryl/α,β-unsaturated/α-hetero) is 1. The molecule has 1 atom stereocenters. The molecule has 0 aromatic heterocycles. The number of non-ortho nitro benzene ring substituents is 1. The number of anilines is 1. The second kappa shape index (κ2) is 11.4. The van der Waals surface area contributed by atoms with Gasteiger partial charge in [0.1, 0.15) is 5.75 Å². The van der Waals surface area contributed by atoms with Crippen LogP contribution in [0.15, 0.2) is 66.7 Å². The fraction of sp³-hybridized carbons (Fsp3) is 0.154. The maximum Gasteiger partial charge on any atom is 0.345 e. The highest BCUT2D eigenvalue weighted by Gasteiger charge is 2.36. The normalized spacial score (nSPS) is 14.7. The molecule has 0 saturated carbocycles. The Balaban J connectivity index is 1.31. The van der Waals surface area contributed by atoms with Crippen LogP contribution in [-0.2, 0) is 14.3 Å². The monoisotopic (exact) mass is 556 g/mol. The van der Waals surface area contributed by atoms with Gasteiger partial charge in [0.25, 0.3) is 5.69 Å². The zero-order valence-corrected chi connectivity index (χ0v) is 21.0. The lowest BCUT2D eigenvalue weighted by Gasteiger charge is -2.16. The fourth-order valence-electron chi connectivity index (χ4n) is 3.75. The summed E-state index contributed by atoms with van der Waals surface area (Å²) in [7, 11) is 0. The summed E-state index contributed by atoms with van der Waals surface area (Å²) in [4.78, 5) is 61.4. The molecular weight excluding hydrogens is 539 g/mol. The summed E-state index contributed by atoms with van der Waals surface area (Å²) in [5.41, 5.74) is 0.455. The zero-order valence-electron chi connectivity index (χ0n) is 19.5. The summed E-state index contributed by atoms with van der Waals surface area (Å²) in [5.74, 6) is -2.98. The van der Waals surface area contributed by atoms with Crippen LogP contribution in [0.4, 0.5) is 11.4 Å². The highest BCUT2D eigenvalue weighted by atomic mass is 35.5. The van der Waals surface area contributed by atoms with Crippen LogP contribution in [-0.4, -0.2) is 41.7 Å². The first-order chi connectivity index (χ1) is 18.1. The molecule has 0 N–H and O–H groups in total. The van der Waals surface area contributed by atoms with Crippen LogP contribution in [0.2, 0.25) is 10.0 Å². The van der Waals surface area contributed by atoms with E-state index in [1.807, 2.05) is 0 Å². The van der Waals surface area contributed by atoms with Crippen molar-refractivity contribution < 1.29 is 33.6 Å². The second-order valence-corrected chi connectivity index (χ2v) is 9.09. The number of nitro benzene ring substituents is 1. The minimum Gasteiger partial charge on any atom is -0.457 e. The van der Waals surface area contributed by atoms with E-state index in [1.54, 1.807) is 0 Å². The predicted octanol–water partition coefficient (Wildman–Crippen LogP) is 4.90. The highest BCUT2D eigenvalue weighted by Crippen LogP contribution is 2.28. The van der Waals surface area contributed by atoms with Crippen LogP contribution in [0.5, 0.6) is 5.75 Å². The summed E-state index contributed by atoms with van der Waals surface area (Å²) in [6.07, 6.45) is -0.145. The Labute approximate surface area is 225 Å². The fourth-order valence-corrected chi connectivity index (χ4v) is 4.24. The van der Waals surface area contributed by atoms with Gasteiger partial charge in [0.05, 0.1) is 27.1 Å². The molecule has 1 amide bonds. The van der Waals surface area contributed by atoms with Crippen LogP contribution in [0, 0.1) is 16.0 Å². The van der Waals surface area contributed by atoms with Gasteiger partial charge in [-0.1, -0.05) is 29.3 Å². The maximum absolute atomic E-state index is 12.5. The van der Waals surface area contributed by atoms with Gasteiger partial charge in [0.2, 0.25) is 5.91 Å². The number of hydrogen-bond acceptors (Lipinski definition) is 8. The van der Waals surface area contributed by atoms with Gasteiger partial charge in [-0.2, -0.15) is 0 Å². The first-order valence-corrected chi connectivity index (χ1v) is 11.9. The number of halogens is 2. The number of nitrogens with zero attached hydrogens (tertiary/aromatic N) is 2. The van der Waals surface area contributed by atoms with E-state index in [0.717, 1.165) is 0 Å². The lowest BCUT2D eigenvalue weighted by Crippen LogP contribution is -2.27. The average molecular weight is 557 g/mol. The number of esters is 2. The number of carbonyl (C=O) groups is 4. The van der Waals surface area contributed by atoms with Gasteiger partial charge < -0.3 is 14.4 Å². The molecule has 12 heteroatoms. The van der Waals surface area contributed by atoms with E-state index in [4.69, 9.17) is 32.7 Å². The van der Waals surface area contributed by atoms with Gasteiger partial charge in [0, 0.05) is 35.7 Å². The molecule has 1 aliphatic rings. The minimum absolute atomic E-state index is 0.0231. The van der Waals surface area contributed by atoms with Crippen molar-refractivity contribution in [1.29, 1.82) is 0 Å². The highest BCUT2D eigenvalue weighted by molar-refractivity contribution is 6.36. The second-order valence-electron chi connectivity index (χ2n) is 8.25. The van der Waals surface area contributed by atoms with Crippen LogP contribution < -0.4 is 9.64 Å². The van der Waals surface area contributed by atoms with E-state index in [1.165, 1.54) is 71.6 Å². The number of benzene rings is 3. The van der Waals surface area contributed by atoms with Crippen molar-refractivity contribution in [1.82, 2.24) is 0 Å². The number of hydrogen-bond donors (Lipinski definition) is 0. The van der Waals surface area contributed by atoms with Crippen molar-refractivity contribution >= 4 is 58.2 Å². The molecule has 1 heterocycles. The molecule has 0 radical (unpaired) electrons. The molecule has 0 spiro atoms. The Kier molecular flexibility index (Phi) is 8.04. The van der Waals surface area contributed by atoms with E-state index in [9.17, 15) is 29.3 Å². The third-order valence-electron chi connectivity index (χ3n) is 5.69. The van der Waals surface area contributed by atoms with Gasteiger partial charge >= 0.3 is 11.9 Å². The molecule has 1 fully saturated rings. The Bertz CT molecular complexity index is 1440. The predicted molar refractivity (Wildman–Crippen MR) is 137 cm³/mol. The summed E-state index contributed by atoms with van der Waals surface area (Å²) in [5, 5.41) is 11.5. The molecule has 3 aromatic carbocycles. The lowest BCUT2D eigenvalue weighted by atomic mass is 10.1. The Morgan fingerprint density at radius 1 is 1.03 bits per heavy atom. The maximum atomic E-state index is 12.5. The van der Waals surface area contributed by atoms with E-state index < -0.39 is 35.2 Å². The largest absolute Gasteiger partial charge is 0.457 e. The van der Waals surface area contributed by atoms with Crippen LogP contribution in [0.3, 0.4) is 0 Å². The first kappa shape index (κ1) is 26.8.